The smallest absolute Gasteiger partial charge is 0.273 e. The highest BCUT2D eigenvalue weighted by molar-refractivity contribution is 6.09. The van der Waals surface area contributed by atoms with E-state index in [4.69, 9.17) is 4.74 Å². The second kappa shape index (κ2) is 7.91. The second-order valence-electron chi connectivity index (χ2n) is 6.88. The zero-order valence-electron chi connectivity index (χ0n) is 16.7. The Morgan fingerprint density at radius 2 is 1.97 bits per heavy atom. The molecular weight excluding hydrogens is 401 g/mol. The molecule has 0 aliphatic rings. The highest BCUT2D eigenvalue weighted by atomic mass is 19.1. The van der Waals surface area contributed by atoms with Crippen molar-refractivity contribution in [1.82, 2.24) is 9.55 Å². The number of halogens is 1. The number of aromatic hydroxyl groups is 1. The molecule has 0 fully saturated rings. The van der Waals surface area contributed by atoms with Gasteiger partial charge in [-0.1, -0.05) is 12.1 Å². The van der Waals surface area contributed by atoms with E-state index in [0.717, 1.165) is 16.2 Å². The summed E-state index contributed by atoms with van der Waals surface area (Å²) in [5.41, 5.74) is 0.151. The van der Waals surface area contributed by atoms with Gasteiger partial charge in [-0.3, -0.25) is 14.2 Å². The maximum absolute atomic E-state index is 13.9. The number of aromatic nitrogens is 2. The number of anilines is 1. The summed E-state index contributed by atoms with van der Waals surface area (Å²) in [5.74, 6) is -1.50. The van der Waals surface area contributed by atoms with Gasteiger partial charge in [-0.2, -0.15) is 0 Å². The lowest BCUT2D eigenvalue weighted by molar-refractivity contribution is 0.102. The van der Waals surface area contributed by atoms with Crippen molar-refractivity contribution in [1.29, 1.82) is 0 Å². The summed E-state index contributed by atoms with van der Waals surface area (Å²) in [7, 11) is 1.45. The molecule has 0 aliphatic carbocycles. The van der Waals surface area contributed by atoms with Gasteiger partial charge in [-0.15, -0.1) is 0 Å². The van der Waals surface area contributed by atoms with E-state index in [0.29, 0.717) is 11.4 Å². The number of nitrogens with one attached hydrogen (secondary N) is 1. The monoisotopic (exact) mass is 419 g/mol. The van der Waals surface area contributed by atoms with Gasteiger partial charge in [-0.05, 0) is 55.0 Å². The maximum Gasteiger partial charge on any atom is 0.273 e. The summed E-state index contributed by atoms with van der Waals surface area (Å²) in [6, 6.07) is 13.6. The molecule has 2 heterocycles. The molecule has 4 rings (SSSR count). The van der Waals surface area contributed by atoms with Crippen molar-refractivity contribution in [2.75, 3.05) is 12.4 Å². The van der Waals surface area contributed by atoms with Crippen LogP contribution in [0.1, 0.15) is 15.9 Å². The van der Waals surface area contributed by atoms with Gasteiger partial charge in [0.1, 0.15) is 22.9 Å². The van der Waals surface area contributed by atoms with E-state index in [1.807, 2.05) is 13.0 Å². The summed E-state index contributed by atoms with van der Waals surface area (Å²) in [6.45, 7) is 1.84. The van der Waals surface area contributed by atoms with E-state index in [9.17, 15) is 19.1 Å². The predicted molar refractivity (Wildman–Crippen MR) is 115 cm³/mol. The number of fused-ring (bicyclic) bond motifs is 1. The number of carbonyl (C=O) groups excluding carboxylic acids is 1. The van der Waals surface area contributed by atoms with Crippen molar-refractivity contribution in [3.63, 3.8) is 0 Å². The number of hydrogen-bond acceptors (Lipinski definition) is 5. The third kappa shape index (κ3) is 3.59. The molecule has 0 spiro atoms. The van der Waals surface area contributed by atoms with E-state index in [-0.39, 0.29) is 16.7 Å². The third-order valence-corrected chi connectivity index (χ3v) is 4.80. The highest BCUT2D eigenvalue weighted by Gasteiger charge is 2.24. The zero-order valence-corrected chi connectivity index (χ0v) is 16.7. The van der Waals surface area contributed by atoms with Crippen molar-refractivity contribution in [3.05, 3.63) is 88.1 Å². The molecule has 0 aliphatic heterocycles. The fraction of sp³-hybridized carbons (Fsp3) is 0.0870. The number of rotatable bonds is 4. The van der Waals surface area contributed by atoms with Crippen LogP contribution in [0.2, 0.25) is 0 Å². The molecule has 0 radical (unpaired) electrons. The lowest BCUT2D eigenvalue weighted by Crippen LogP contribution is -2.29. The molecule has 0 unspecified atom stereocenters. The lowest BCUT2D eigenvalue weighted by Gasteiger charge is -2.15. The molecule has 8 heteroatoms. The Hall–Kier alpha value is -4.20. The zero-order chi connectivity index (χ0) is 22.1. The largest absolute Gasteiger partial charge is 0.506 e. The number of aryl methyl sites for hydroxylation is 1. The van der Waals surface area contributed by atoms with Gasteiger partial charge in [0, 0.05) is 6.20 Å². The van der Waals surface area contributed by atoms with Crippen molar-refractivity contribution >= 4 is 22.6 Å². The van der Waals surface area contributed by atoms with E-state index < -0.39 is 28.6 Å². The Balaban J connectivity index is 1.94. The highest BCUT2D eigenvalue weighted by Crippen LogP contribution is 2.29. The standard InChI is InChI=1S/C23H18FN3O4/c1-13-8-9-18(31-2)17(11-13)26-22(29)19-20(28)16-7-4-10-25-21(16)27(23(19)30)15-6-3-5-14(24)12-15/h3-12,28H,1-2H3,(H,26,29). The molecule has 156 valence electrons. The molecule has 2 aromatic heterocycles. The van der Waals surface area contributed by atoms with E-state index >= 15 is 0 Å². The number of ether oxygens (including phenoxy) is 1. The Labute approximate surface area is 176 Å². The molecule has 0 atom stereocenters. The first-order valence-corrected chi connectivity index (χ1v) is 9.35. The number of amides is 1. The molecule has 2 N–H and O–H groups in total. The number of benzene rings is 2. The minimum atomic E-state index is -0.835. The van der Waals surface area contributed by atoms with Crippen LogP contribution in [-0.2, 0) is 0 Å². The van der Waals surface area contributed by atoms with Crippen LogP contribution in [0.3, 0.4) is 0 Å². The minimum Gasteiger partial charge on any atom is -0.506 e. The SMILES string of the molecule is COc1ccc(C)cc1NC(=O)c1c(O)c2cccnc2n(-c2cccc(F)c2)c1=O. The molecule has 2 aromatic carbocycles. The van der Waals surface area contributed by atoms with Crippen molar-refractivity contribution < 1.29 is 19.0 Å². The first kappa shape index (κ1) is 20.1. The molecule has 0 saturated carbocycles. The maximum atomic E-state index is 13.9. The van der Waals surface area contributed by atoms with Crippen LogP contribution >= 0.6 is 0 Å². The summed E-state index contributed by atoms with van der Waals surface area (Å²) >= 11 is 0. The van der Waals surface area contributed by atoms with E-state index in [1.165, 1.54) is 37.6 Å². The fourth-order valence-corrected chi connectivity index (χ4v) is 3.37. The molecule has 7 nitrogen and oxygen atoms in total. The average molecular weight is 419 g/mol. The minimum absolute atomic E-state index is 0.0975. The van der Waals surface area contributed by atoms with Crippen LogP contribution in [-0.4, -0.2) is 27.7 Å². The average Bonchev–Trinajstić information content (AvgIpc) is 2.74. The van der Waals surface area contributed by atoms with Crippen LogP contribution in [0.25, 0.3) is 16.7 Å². The summed E-state index contributed by atoms with van der Waals surface area (Å²) in [6.07, 6.45) is 1.44. The molecular formula is C23H18FN3O4. The third-order valence-electron chi connectivity index (χ3n) is 4.80. The predicted octanol–water partition coefficient (Wildman–Crippen LogP) is 3.80. The summed E-state index contributed by atoms with van der Waals surface area (Å²) in [5, 5.41) is 13.6. The molecule has 0 saturated heterocycles. The number of methoxy groups -OCH3 is 1. The van der Waals surface area contributed by atoms with Gasteiger partial charge < -0.3 is 15.2 Å². The van der Waals surface area contributed by atoms with Crippen LogP contribution in [0.15, 0.2) is 65.6 Å². The van der Waals surface area contributed by atoms with E-state index in [1.54, 1.807) is 18.2 Å². The number of nitrogens with zero attached hydrogens (tertiary/aromatic N) is 2. The Morgan fingerprint density at radius 1 is 1.16 bits per heavy atom. The Bertz CT molecular complexity index is 1380. The Morgan fingerprint density at radius 3 is 2.71 bits per heavy atom. The number of pyridine rings is 2. The molecule has 1 amide bonds. The van der Waals surface area contributed by atoms with E-state index in [2.05, 4.69) is 10.3 Å². The van der Waals surface area contributed by atoms with Crippen molar-refractivity contribution in [3.8, 4) is 17.2 Å². The number of hydrogen-bond donors (Lipinski definition) is 2. The van der Waals surface area contributed by atoms with Gasteiger partial charge in [0.2, 0.25) is 0 Å². The quantitative estimate of drug-likeness (QED) is 0.525. The molecule has 0 bridgehead atoms. The molecule has 4 aromatic rings. The Kier molecular flexibility index (Phi) is 5.12. The topological polar surface area (TPSA) is 93.4 Å². The van der Waals surface area contributed by atoms with Gasteiger partial charge in [-0.25, -0.2) is 9.37 Å². The second-order valence-corrected chi connectivity index (χ2v) is 6.88. The van der Waals surface area contributed by atoms with Gasteiger partial charge in [0.25, 0.3) is 11.5 Å². The van der Waals surface area contributed by atoms with Gasteiger partial charge >= 0.3 is 0 Å². The summed E-state index contributed by atoms with van der Waals surface area (Å²) in [4.78, 5) is 30.6. The van der Waals surface area contributed by atoms with Crippen LogP contribution in [0.5, 0.6) is 11.5 Å². The fourth-order valence-electron chi connectivity index (χ4n) is 3.37. The first-order chi connectivity index (χ1) is 14.9. The summed E-state index contributed by atoms with van der Waals surface area (Å²) < 4.78 is 20.2. The first-order valence-electron chi connectivity index (χ1n) is 9.35. The lowest BCUT2D eigenvalue weighted by atomic mass is 10.1. The van der Waals surface area contributed by atoms with Gasteiger partial charge in [0.05, 0.1) is 23.9 Å². The van der Waals surface area contributed by atoms with Gasteiger partial charge in [0.15, 0.2) is 5.65 Å². The van der Waals surface area contributed by atoms with Crippen LogP contribution in [0, 0.1) is 12.7 Å². The van der Waals surface area contributed by atoms with Crippen LogP contribution in [0.4, 0.5) is 10.1 Å². The van der Waals surface area contributed by atoms with Crippen molar-refractivity contribution in [2.45, 2.75) is 6.92 Å². The normalized spacial score (nSPS) is 10.8. The van der Waals surface area contributed by atoms with Crippen LogP contribution < -0.4 is 15.6 Å². The number of carbonyl (C=O) groups is 1. The van der Waals surface area contributed by atoms with Crippen molar-refractivity contribution in [2.24, 2.45) is 0 Å². The molecule has 31 heavy (non-hydrogen) atoms.